The van der Waals surface area contributed by atoms with Crippen molar-refractivity contribution in [2.75, 3.05) is 25.3 Å². The van der Waals surface area contributed by atoms with E-state index in [9.17, 15) is 4.79 Å². The molecule has 0 unspecified atom stereocenters. The molecular weight excluding hydrogens is 322 g/mol. The number of methoxy groups -OCH3 is 2. The Balaban J connectivity index is 1.88. The molecule has 2 aromatic carbocycles. The van der Waals surface area contributed by atoms with E-state index in [0.717, 1.165) is 5.75 Å². The maximum Gasteiger partial charge on any atom is 0.225 e. The van der Waals surface area contributed by atoms with Crippen molar-refractivity contribution in [3.8, 4) is 11.5 Å². The van der Waals surface area contributed by atoms with Crippen LogP contribution in [0.3, 0.4) is 0 Å². The summed E-state index contributed by atoms with van der Waals surface area (Å²) in [5.41, 5.74) is 3.20. The smallest absolute Gasteiger partial charge is 0.225 e. The second-order valence-corrected chi connectivity index (χ2v) is 6.63. The standard InChI is InChI=1S/C19H23NO3S/c1-13-5-7-16(11-14(13)2)24-10-9-19(21)20-17-8-6-15(22-3)12-18(17)23-4/h5-8,11-12H,9-10H2,1-4H3,(H,20,21). The van der Waals surface area contributed by atoms with Crippen LogP contribution in [0, 0.1) is 13.8 Å². The van der Waals surface area contributed by atoms with Crippen molar-refractivity contribution in [3.63, 3.8) is 0 Å². The summed E-state index contributed by atoms with van der Waals surface area (Å²) in [5, 5.41) is 2.89. The van der Waals surface area contributed by atoms with Crippen LogP contribution < -0.4 is 14.8 Å². The number of carbonyl (C=O) groups is 1. The Morgan fingerprint density at radius 1 is 1.04 bits per heavy atom. The average Bonchev–Trinajstić information content (AvgIpc) is 2.58. The Kier molecular flexibility index (Phi) is 6.55. The van der Waals surface area contributed by atoms with E-state index in [1.165, 1.54) is 16.0 Å². The van der Waals surface area contributed by atoms with Gasteiger partial charge in [0, 0.05) is 23.1 Å². The third-order valence-electron chi connectivity index (χ3n) is 3.76. The Morgan fingerprint density at radius 2 is 1.83 bits per heavy atom. The number of carbonyl (C=O) groups excluding carboxylic acids is 1. The van der Waals surface area contributed by atoms with Crippen LogP contribution in [0.5, 0.6) is 11.5 Å². The van der Waals surface area contributed by atoms with Gasteiger partial charge in [0.15, 0.2) is 0 Å². The van der Waals surface area contributed by atoms with Gasteiger partial charge in [0.25, 0.3) is 0 Å². The number of ether oxygens (including phenoxy) is 2. The second kappa shape index (κ2) is 8.64. The van der Waals surface area contributed by atoms with E-state index < -0.39 is 0 Å². The lowest BCUT2D eigenvalue weighted by molar-refractivity contribution is -0.115. The fraction of sp³-hybridized carbons (Fsp3) is 0.316. The van der Waals surface area contributed by atoms with Crippen molar-refractivity contribution in [2.45, 2.75) is 25.2 Å². The molecule has 1 amide bonds. The lowest BCUT2D eigenvalue weighted by Crippen LogP contribution is -2.13. The Labute approximate surface area is 147 Å². The third kappa shape index (κ3) is 4.93. The summed E-state index contributed by atoms with van der Waals surface area (Å²) in [7, 11) is 3.16. The Hall–Kier alpha value is -2.14. The number of rotatable bonds is 7. The van der Waals surface area contributed by atoms with Crippen LogP contribution in [0.1, 0.15) is 17.5 Å². The molecule has 0 aliphatic heterocycles. The quantitative estimate of drug-likeness (QED) is 0.754. The minimum Gasteiger partial charge on any atom is -0.497 e. The van der Waals surface area contributed by atoms with Gasteiger partial charge in [0.1, 0.15) is 11.5 Å². The van der Waals surface area contributed by atoms with Gasteiger partial charge in [-0.1, -0.05) is 6.07 Å². The maximum absolute atomic E-state index is 12.1. The molecule has 2 rings (SSSR count). The van der Waals surface area contributed by atoms with Gasteiger partial charge in [-0.15, -0.1) is 11.8 Å². The van der Waals surface area contributed by atoms with Crippen molar-refractivity contribution in [2.24, 2.45) is 0 Å². The Morgan fingerprint density at radius 3 is 2.50 bits per heavy atom. The molecule has 0 atom stereocenters. The molecule has 0 bridgehead atoms. The number of thioether (sulfide) groups is 1. The molecular formula is C19H23NO3S. The number of amides is 1. The topological polar surface area (TPSA) is 47.6 Å². The third-order valence-corrected chi connectivity index (χ3v) is 4.75. The highest BCUT2D eigenvalue weighted by Crippen LogP contribution is 2.29. The van der Waals surface area contributed by atoms with Crippen LogP contribution in [0.4, 0.5) is 5.69 Å². The molecule has 0 saturated carbocycles. The molecule has 0 aliphatic carbocycles. The van der Waals surface area contributed by atoms with Crippen LogP contribution in [0.15, 0.2) is 41.3 Å². The van der Waals surface area contributed by atoms with E-state index in [2.05, 4.69) is 37.4 Å². The summed E-state index contributed by atoms with van der Waals surface area (Å²) in [6.07, 6.45) is 0.437. The van der Waals surface area contributed by atoms with Crippen molar-refractivity contribution in [1.82, 2.24) is 0 Å². The molecule has 4 nitrogen and oxygen atoms in total. The van der Waals surface area contributed by atoms with Gasteiger partial charge in [-0.05, 0) is 49.2 Å². The highest BCUT2D eigenvalue weighted by molar-refractivity contribution is 7.99. The van der Waals surface area contributed by atoms with Crippen LogP contribution in [-0.4, -0.2) is 25.9 Å². The van der Waals surface area contributed by atoms with Gasteiger partial charge in [0.05, 0.1) is 19.9 Å². The van der Waals surface area contributed by atoms with Crippen LogP contribution in [0.2, 0.25) is 0 Å². The lowest BCUT2D eigenvalue weighted by Gasteiger charge is -2.11. The number of hydrogen-bond acceptors (Lipinski definition) is 4. The number of benzene rings is 2. The lowest BCUT2D eigenvalue weighted by atomic mass is 10.1. The summed E-state index contributed by atoms with van der Waals surface area (Å²) in [6.45, 7) is 4.20. The number of hydrogen-bond donors (Lipinski definition) is 1. The first-order valence-corrected chi connectivity index (χ1v) is 8.74. The molecule has 2 aromatic rings. The van der Waals surface area contributed by atoms with Crippen LogP contribution >= 0.6 is 11.8 Å². The number of aryl methyl sites for hydroxylation is 2. The second-order valence-electron chi connectivity index (χ2n) is 5.46. The van der Waals surface area contributed by atoms with Gasteiger partial charge >= 0.3 is 0 Å². The summed E-state index contributed by atoms with van der Waals surface area (Å²) in [6, 6.07) is 11.7. The largest absolute Gasteiger partial charge is 0.497 e. The van der Waals surface area contributed by atoms with E-state index in [0.29, 0.717) is 23.6 Å². The predicted octanol–water partition coefficient (Wildman–Crippen LogP) is 4.44. The zero-order valence-corrected chi connectivity index (χ0v) is 15.3. The minimum atomic E-state index is -0.0326. The van der Waals surface area contributed by atoms with Crippen LogP contribution in [0.25, 0.3) is 0 Å². The highest BCUT2D eigenvalue weighted by atomic mass is 32.2. The van der Waals surface area contributed by atoms with E-state index in [1.807, 2.05) is 0 Å². The van der Waals surface area contributed by atoms with Gasteiger partial charge < -0.3 is 14.8 Å². The summed E-state index contributed by atoms with van der Waals surface area (Å²) < 4.78 is 10.4. The molecule has 0 spiro atoms. The normalized spacial score (nSPS) is 10.3. The molecule has 0 saturated heterocycles. The number of anilines is 1. The molecule has 0 fully saturated rings. The van der Waals surface area contributed by atoms with E-state index in [-0.39, 0.29) is 5.91 Å². The fourth-order valence-electron chi connectivity index (χ4n) is 2.18. The maximum atomic E-state index is 12.1. The van der Waals surface area contributed by atoms with Gasteiger partial charge in [-0.25, -0.2) is 0 Å². The molecule has 24 heavy (non-hydrogen) atoms. The van der Waals surface area contributed by atoms with Crippen LogP contribution in [-0.2, 0) is 4.79 Å². The average molecular weight is 345 g/mol. The molecule has 0 aromatic heterocycles. The summed E-state index contributed by atoms with van der Waals surface area (Å²) >= 11 is 1.69. The van der Waals surface area contributed by atoms with E-state index in [4.69, 9.17) is 9.47 Å². The fourth-order valence-corrected chi connectivity index (χ4v) is 3.13. The molecule has 0 heterocycles. The minimum absolute atomic E-state index is 0.0326. The highest BCUT2D eigenvalue weighted by Gasteiger charge is 2.09. The Bertz CT molecular complexity index is 716. The zero-order valence-electron chi connectivity index (χ0n) is 14.5. The molecule has 0 radical (unpaired) electrons. The van der Waals surface area contributed by atoms with Crippen molar-refractivity contribution < 1.29 is 14.3 Å². The van der Waals surface area contributed by atoms with Crippen molar-refractivity contribution >= 4 is 23.4 Å². The first-order valence-electron chi connectivity index (χ1n) is 7.75. The van der Waals surface area contributed by atoms with E-state index in [1.54, 1.807) is 44.2 Å². The van der Waals surface area contributed by atoms with Gasteiger partial charge in [-0.3, -0.25) is 4.79 Å². The SMILES string of the molecule is COc1ccc(NC(=O)CCSc2ccc(C)c(C)c2)c(OC)c1. The monoisotopic (exact) mass is 345 g/mol. The first kappa shape index (κ1) is 18.2. The molecule has 1 N–H and O–H groups in total. The van der Waals surface area contributed by atoms with Crippen molar-refractivity contribution in [3.05, 3.63) is 47.5 Å². The van der Waals surface area contributed by atoms with E-state index >= 15 is 0 Å². The number of nitrogens with one attached hydrogen (secondary N) is 1. The summed E-state index contributed by atoms with van der Waals surface area (Å²) in [5.74, 6) is 1.97. The first-order chi connectivity index (χ1) is 11.5. The van der Waals surface area contributed by atoms with Gasteiger partial charge in [0.2, 0.25) is 5.91 Å². The van der Waals surface area contributed by atoms with Gasteiger partial charge in [-0.2, -0.15) is 0 Å². The summed E-state index contributed by atoms with van der Waals surface area (Å²) in [4.78, 5) is 13.3. The molecule has 128 valence electrons. The molecule has 5 heteroatoms. The van der Waals surface area contributed by atoms with Crippen molar-refractivity contribution in [1.29, 1.82) is 0 Å². The predicted molar refractivity (Wildman–Crippen MR) is 99.4 cm³/mol. The zero-order chi connectivity index (χ0) is 17.5. The molecule has 0 aliphatic rings.